The smallest absolute Gasteiger partial charge is 0.0652 e. The summed E-state index contributed by atoms with van der Waals surface area (Å²) in [5.41, 5.74) is -4.46. The highest BCUT2D eigenvalue weighted by Gasteiger charge is 2.21. The van der Waals surface area contributed by atoms with Crippen LogP contribution < -0.4 is 0 Å². The fourth-order valence-electron chi connectivity index (χ4n) is 6.79. The van der Waals surface area contributed by atoms with E-state index in [4.69, 9.17) is 23.3 Å². The van der Waals surface area contributed by atoms with Gasteiger partial charge in [-0.1, -0.05) is 127 Å². The maximum atomic E-state index is 10.0. The van der Waals surface area contributed by atoms with Crippen molar-refractivity contribution < 1.29 is 35.6 Å². The highest BCUT2D eigenvalue weighted by molar-refractivity contribution is 6.17. The summed E-state index contributed by atoms with van der Waals surface area (Å²) in [4.78, 5) is 0. The van der Waals surface area contributed by atoms with Gasteiger partial charge in [-0.3, -0.25) is 0 Å². The predicted octanol–water partition coefficient (Wildman–Crippen LogP) is 12.6. The molecule has 0 aliphatic rings. The summed E-state index contributed by atoms with van der Waals surface area (Å²) in [5.74, 6) is 0. The summed E-state index contributed by atoms with van der Waals surface area (Å²) in [6.45, 7) is 0. The molecule has 3 heterocycles. The van der Waals surface area contributed by atoms with Crippen molar-refractivity contribution in [2.45, 2.75) is 0 Å². The Balaban J connectivity index is 1.40. The minimum absolute atomic E-state index is 0.108. The Kier molecular flexibility index (Phi) is 2.72. The molecule has 0 bridgehead atoms. The predicted molar refractivity (Wildman–Crippen MR) is 215 cm³/mol. The second-order valence-corrected chi connectivity index (χ2v) is 11.4. The van der Waals surface area contributed by atoms with Gasteiger partial charge in [0.2, 0.25) is 0 Å². The average molecular weight is 676 g/mol. The number of hydrogen-bond donors (Lipinski definition) is 0. The molecule has 0 aliphatic heterocycles. The second kappa shape index (κ2) is 10.8. The van der Waals surface area contributed by atoms with Gasteiger partial charge >= 0.3 is 0 Å². The van der Waals surface area contributed by atoms with Crippen molar-refractivity contribution in [3.8, 4) is 28.2 Å². The molecule has 0 amide bonds. The van der Waals surface area contributed by atoms with Gasteiger partial charge in [-0.15, -0.1) is 0 Å². The second-order valence-electron chi connectivity index (χ2n) is 11.4. The van der Waals surface area contributed by atoms with Gasteiger partial charge in [0.15, 0.2) is 0 Å². The minimum atomic E-state index is -0.897. The van der Waals surface area contributed by atoms with E-state index in [1.165, 1.54) is 24.3 Å². The Bertz CT molecular complexity index is 4540. The number of rotatable bonds is 4. The van der Waals surface area contributed by atoms with Crippen LogP contribution in [0.4, 0.5) is 0 Å². The lowest BCUT2D eigenvalue weighted by atomic mass is 10.0. The van der Waals surface area contributed by atoms with Gasteiger partial charge in [0, 0.05) is 43.6 Å². The summed E-state index contributed by atoms with van der Waals surface area (Å²) in [5, 5.41) is -2.59. The molecular weight excluding hydrogens is 619 g/mol. The molecule has 3 aromatic heterocycles. The van der Waals surface area contributed by atoms with E-state index in [9.17, 15) is 12.3 Å². The van der Waals surface area contributed by atoms with E-state index in [1.807, 2.05) is 0 Å². The lowest BCUT2D eigenvalue weighted by Gasteiger charge is -2.15. The van der Waals surface area contributed by atoms with E-state index in [0.29, 0.717) is 0 Å². The maximum absolute atomic E-state index is 10.0. The van der Waals surface area contributed by atoms with Gasteiger partial charge in [-0.05, 0) is 66.0 Å². The van der Waals surface area contributed by atoms with Gasteiger partial charge in [-0.25, -0.2) is 0 Å². The summed E-state index contributed by atoms with van der Waals surface area (Å²) in [6.07, 6.45) is 0. The Morgan fingerprint density at radius 3 is 1.57 bits per heavy atom. The molecule has 3 heteroatoms. The Hall–Kier alpha value is -6.84. The highest BCUT2D eigenvalue weighted by Crippen LogP contribution is 2.42. The molecule has 51 heavy (non-hydrogen) atoms. The van der Waals surface area contributed by atoms with Crippen LogP contribution in [0.25, 0.3) is 93.6 Å². The molecule has 0 N–H and O–H groups in total. The van der Waals surface area contributed by atoms with Crippen LogP contribution in [0.5, 0.6) is 0 Å². The van der Waals surface area contributed by atoms with Crippen LogP contribution in [0.1, 0.15) is 35.6 Å². The van der Waals surface area contributed by atoms with Gasteiger partial charge in [0.1, 0.15) is 0 Å². The van der Waals surface area contributed by atoms with E-state index in [0.717, 1.165) is 19.8 Å². The normalized spacial score (nSPS) is 19.1. The molecule has 238 valence electrons. The quantitative estimate of drug-likeness (QED) is 0.176. The van der Waals surface area contributed by atoms with Crippen LogP contribution in [0.15, 0.2) is 187 Å². The molecule has 0 radical (unpaired) electrons. The first-order valence-electron chi connectivity index (χ1n) is 28.4. The molecule has 0 spiro atoms. The molecule has 0 aliphatic carbocycles. The number of hydrogen-bond acceptors (Lipinski definition) is 0. The third-order valence-corrected chi connectivity index (χ3v) is 8.81. The number of aromatic nitrogens is 3. The van der Waals surface area contributed by atoms with Gasteiger partial charge < -0.3 is 13.7 Å². The molecule has 0 saturated heterocycles. The zero-order valence-corrected chi connectivity index (χ0v) is 25.7. The molecule has 0 fully saturated rings. The van der Waals surface area contributed by atoms with Crippen LogP contribution in [0, 0.1) is 0 Å². The molecular formula is C48H31N3. The molecule has 0 saturated carbocycles. The SMILES string of the molecule is [2H]c1c([2H])c([2H])c(-c2ccccc2-n2c3c([2H])c([2H])c([2H])c([2H])c3c3c(-n4c5c([2H])cc(-n6c7c([2H])c([2H])c([2H])c([2H])c7c7c([2H])c([2H])c([2H])c([2H])c76)c([2H])c5c5c([2H])c([2H])c([2H])c([2H])c54)c([2H])c([2H])c([2H])c32)c([2H])c1[2H]. The first-order valence-corrected chi connectivity index (χ1v) is 15.4. The number of fused-ring (bicyclic) bond motifs is 9. The van der Waals surface area contributed by atoms with Crippen LogP contribution in [0.3, 0.4) is 0 Å². The number of para-hydroxylation sites is 5. The van der Waals surface area contributed by atoms with E-state index in [2.05, 4.69) is 0 Å². The summed E-state index contributed by atoms with van der Waals surface area (Å²) < 4.78 is 238. The molecule has 3 nitrogen and oxygen atoms in total. The summed E-state index contributed by atoms with van der Waals surface area (Å²) in [7, 11) is 0. The van der Waals surface area contributed by atoms with Crippen molar-refractivity contribution in [1.82, 2.24) is 13.7 Å². The maximum Gasteiger partial charge on any atom is 0.0652 e. The molecule has 8 aromatic carbocycles. The monoisotopic (exact) mass is 675 g/mol. The van der Waals surface area contributed by atoms with E-state index in [1.54, 1.807) is 0 Å². The summed E-state index contributed by atoms with van der Waals surface area (Å²) in [6, 6.07) is -13.4. The van der Waals surface area contributed by atoms with Crippen molar-refractivity contribution in [1.29, 1.82) is 0 Å². The standard InChI is InChI=1S/C48H31N3/c1-2-15-32(16-3-1)34-17-4-9-22-40(34)50-44-26-13-8-21-38(44)48-46(50)27-14-28-47(48)51-43-25-12-7-20-37(43)39-31-33(29-30-45(39)51)49-41-23-10-5-18-35(41)36-19-6-11-24-42(36)49/h1-31H/i1D,2D,3D,5D,6D,7D,8D,10D,11D,12D,13D,14D,15D,16D,18D,19D,20D,21D,23D,24D,25D,26D,27D,28D,30D,31D. The van der Waals surface area contributed by atoms with Gasteiger partial charge in [-0.2, -0.15) is 0 Å². The Morgan fingerprint density at radius 1 is 0.353 bits per heavy atom. The van der Waals surface area contributed by atoms with Gasteiger partial charge in [0.05, 0.1) is 80.1 Å². The van der Waals surface area contributed by atoms with Crippen LogP contribution >= 0.6 is 0 Å². The first kappa shape index (κ1) is 12.8. The lowest BCUT2D eigenvalue weighted by molar-refractivity contribution is 1.16. The fourth-order valence-corrected chi connectivity index (χ4v) is 6.79. The number of benzene rings is 8. The Morgan fingerprint density at radius 2 is 0.863 bits per heavy atom. The summed E-state index contributed by atoms with van der Waals surface area (Å²) >= 11 is 0. The largest absolute Gasteiger partial charge is 0.309 e. The third kappa shape index (κ3) is 4.00. The van der Waals surface area contributed by atoms with Crippen molar-refractivity contribution in [2.24, 2.45) is 0 Å². The van der Waals surface area contributed by atoms with E-state index in [-0.39, 0.29) is 27.6 Å². The minimum Gasteiger partial charge on any atom is -0.309 e. The van der Waals surface area contributed by atoms with Gasteiger partial charge in [0.25, 0.3) is 0 Å². The number of nitrogens with zero attached hydrogens (tertiary/aromatic N) is 3. The Labute approximate surface area is 331 Å². The van der Waals surface area contributed by atoms with E-state index >= 15 is 0 Å². The average Bonchev–Trinajstić information content (AvgIpc) is 4.30. The van der Waals surface area contributed by atoms with Crippen molar-refractivity contribution in [2.75, 3.05) is 0 Å². The zero-order valence-electron chi connectivity index (χ0n) is 51.7. The molecule has 0 atom stereocenters. The van der Waals surface area contributed by atoms with Crippen molar-refractivity contribution in [3.05, 3.63) is 187 Å². The topological polar surface area (TPSA) is 14.8 Å². The zero-order chi connectivity index (χ0) is 56.1. The first-order chi connectivity index (χ1) is 36.1. The third-order valence-electron chi connectivity index (χ3n) is 8.81. The van der Waals surface area contributed by atoms with Crippen molar-refractivity contribution >= 4 is 65.4 Å². The van der Waals surface area contributed by atoms with Crippen molar-refractivity contribution in [3.63, 3.8) is 0 Å². The van der Waals surface area contributed by atoms with Crippen LogP contribution in [0.2, 0.25) is 0 Å². The molecule has 11 rings (SSSR count). The van der Waals surface area contributed by atoms with Crippen LogP contribution in [-0.2, 0) is 0 Å². The van der Waals surface area contributed by atoms with E-state index < -0.39 is 223 Å². The lowest BCUT2D eigenvalue weighted by Crippen LogP contribution is -1.98. The highest BCUT2D eigenvalue weighted by atomic mass is 15.0. The van der Waals surface area contributed by atoms with Crippen LogP contribution in [-0.4, -0.2) is 13.7 Å². The fraction of sp³-hybridized carbons (Fsp3) is 0. The molecule has 0 unspecified atom stereocenters. The molecule has 11 aromatic rings.